The van der Waals surface area contributed by atoms with Gasteiger partial charge in [0.2, 0.25) is 0 Å². The van der Waals surface area contributed by atoms with Crippen LogP contribution in [0.3, 0.4) is 0 Å². The zero-order chi connectivity index (χ0) is 11.4. The van der Waals surface area contributed by atoms with Gasteiger partial charge in [0, 0.05) is 17.0 Å². The summed E-state index contributed by atoms with van der Waals surface area (Å²) >= 11 is 1.49. The fourth-order valence-corrected chi connectivity index (χ4v) is 2.14. The van der Waals surface area contributed by atoms with Crippen LogP contribution in [-0.2, 0) is 0 Å². The first-order chi connectivity index (χ1) is 7.02. The van der Waals surface area contributed by atoms with Gasteiger partial charge in [-0.05, 0) is 19.9 Å². The van der Waals surface area contributed by atoms with Gasteiger partial charge < -0.3 is 10.2 Å². The standard InChI is InChI=1S/C11H17NO2S/c1-7(13)9(3)15-11-10(8(2)14)5-4-6-12-11/h4-9,13-14H,1-3H3/t7?,8-,9?/m1/s1. The molecular formula is C11H17NO2S. The van der Waals surface area contributed by atoms with Crippen LogP contribution in [0.5, 0.6) is 0 Å². The van der Waals surface area contributed by atoms with Crippen molar-refractivity contribution in [3.05, 3.63) is 23.9 Å². The summed E-state index contributed by atoms with van der Waals surface area (Å²) in [6.45, 7) is 5.41. The van der Waals surface area contributed by atoms with Gasteiger partial charge in [-0.25, -0.2) is 4.98 Å². The van der Waals surface area contributed by atoms with Gasteiger partial charge in [-0.2, -0.15) is 0 Å². The van der Waals surface area contributed by atoms with E-state index < -0.39 is 6.10 Å². The smallest absolute Gasteiger partial charge is 0.102 e. The Morgan fingerprint density at radius 2 is 1.93 bits per heavy atom. The van der Waals surface area contributed by atoms with Gasteiger partial charge in [0.05, 0.1) is 12.2 Å². The fraction of sp³-hybridized carbons (Fsp3) is 0.545. The van der Waals surface area contributed by atoms with E-state index in [1.54, 1.807) is 26.1 Å². The van der Waals surface area contributed by atoms with E-state index in [0.29, 0.717) is 0 Å². The Bertz CT molecular complexity index is 315. The van der Waals surface area contributed by atoms with Gasteiger partial charge in [0.25, 0.3) is 0 Å². The average Bonchev–Trinajstić information content (AvgIpc) is 2.18. The van der Waals surface area contributed by atoms with Gasteiger partial charge in [-0.15, -0.1) is 11.8 Å². The Morgan fingerprint density at radius 1 is 1.27 bits per heavy atom. The second kappa shape index (κ2) is 5.49. The maximum atomic E-state index is 9.54. The van der Waals surface area contributed by atoms with E-state index in [0.717, 1.165) is 10.6 Å². The van der Waals surface area contributed by atoms with Crippen molar-refractivity contribution in [2.24, 2.45) is 0 Å². The van der Waals surface area contributed by atoms with Gasteiger partial charge in [-0.1, -0.05) is 13.0 Å². The highest BCUT2D eigenvalue weighted by Gasteiger charge is 2.15. The molecule has 3 nitrogen and oxygen atoms in total. The monoisotopic (exact) mass is 227 g/mol. The van der Waals surface area contributed by atoms with E-state index in [2.05, 4.69) is 4.98 Å². The van der Waals surface area contributed by atoms with Gasteiger partial charge >= 0.3 is 0 Å². The maximum Gasteiger partial charge on any atom is 0.102 e. The maximum absolute atomic E-state index is 9.54. The third-order valence-electron chi connectivity index (χ3n) is 2.23. The van der Waals surface area contributed by atoms with Crippen LogP contribution < -0.4 is 0 Å². The zero-order valence-corrected chi connectivity index (χ0v) is 10.0. The summed E-state index contributed by atoms with van der Waals surface area (Å²) in [5.74, 6) is 0. The predicted molar refractivity (Wildman–Crippen MR) is 61.9 cm³/mol. The molecule has 0 aliphatic heterocycles. The molecule has 0 aliphatic rings. The lowest BCUT2D eigenvalue weighted by molar-refractivity contribution is 0.193. The predicted octanol–water partition coefficient (Wildman–Crippen LogP) is 2.00. The molecule has 1 aromatic rings. The minimum Gasteiger partial charge on any atom is -0.392 e. The van der Waals surface area contributed by atoms with E-state index in [1.807, 2.05) is 13.0 Å². The molecule has 0 saturated carbocycles. The van der Waals surface area contributed by atoms with Crippen LogP contribution in [0.25, 0.3) is 0 Å². The minimum absolute atomic E-state index is 0.0670. The molecular weight excluding hydrogens is 210 g/mol. The van der Waals surface area contributed by atoms with Crippen molar-refractivity contribution in [2.45, 2.75) is 43.3 Å². The minimum atomic E-state index is -0.526. The van der Waals surface area contributed by atoms with Crippen LogP contribution in [-0.4, -0.2) is 26.6 Å². The fourth-order valence-electron chi connectivity index (χ4n) is 1.09. The number of aromatic nitrogens is 1. The first-order valence-corrected chi connectivity index (χ1v) is 5.88. The molecule has 0 saturated heterocycles. The molecule has 15 heavy (non-hydrogen) atoms. The Morgan fingerprint density at radius 3 is 2.47 bits per heavy atom. The lowest BCUT2D eigenvalue weighted by Crippen LogP contribution is -2.15. The van der Waals surface area contributed by atoms with Crippen LogP contribution >= 0.6 is 11.8 Å². The highest BCUT2D eigenvalue weighted by atomic mass is 32.2. The third kappa shape index (κ3) is 3.48. The first-order valence-electron chi connectivity index (χ1n) is 5.00. The number of hydrogen-bond donors (Lipinski definition) is 2. The summed E-state index contributed by atoms with van der Waals surface area (Å²) in [6.07, 6.45) is 0.782. The SMILES string of the molecule is CC(O)C(C)Sc1ncccc1[C@@H](C)O. The second-order valence-corrected chi connectivity index (χ2v) is 5.00. The average molecular weight is 227 g/mol. The summed E-state index contributed by atoms with van der Waals surface area (Å²) in [5.41, 5.74) is 0.815. The second-order valence-electron chi connectivity index (χ2n) is 3.64. The molecule has 1 rings (SSSR count). The van der Waals surface area contributed by atoms with Crippen LogP contribution in [0.1, 0.15) is 32.4 Å². The number of pyridine rings is 1. The van der Waals surface area contributed by atoms with Crippen LogP contribution in [0, 0.1) is 0 Å². The number of rotatable bonds is 4. The molecule has 0 bridgehead atoms. The van der Waals surface area contributed by atoms with E-state index in [-0.39, 0.29) is 11.4 Å². The molecule has 2 N–H and O–H groups in total. The summed E-state index contributed by atoms with van der Waals surface area (Å²) in [5, 5.41) is 19.8. The largest absolute Gasteiger partial charge is 0.392 e. The van der Waals surface area contributed by atoms with E-state index in [9.17, 15) is 10.2 Å². The molecule has 3 atom stereocenters. The highest BCUT2D eigenvalue weighted by Crippen LogP contribution is 2.29. The van der Waals surface area contributed by atoms with Gasteiger partial charge in [0.1, 0.15) is 5.03 Å². The molecule has 1 aromatic heterocycles. The van der Waals surface area contributed by atoms with Gasteiger partial charge in [-0.3, -0.25) is 0 Å². The number of nitrogens with zero attached hydrogens (tertiary/aromatic N) is 1. The molecule has 0 aliphatic carbocycles. The summed E-state index contributed by atoms with van der Waals surface area (Å²) < 4.78 is 0. The zero-order valence-electron chi connectivity index (χ0n) is 9.21. The summed E-state index contributed by atoms with van der Waals surface area (Å²) in [4.78, 5) is 4.21. The van der Waals surface area contributed by atoms with Crippen molar-refractivity contribution >= 4 is 11.8 Å². The molecule has 84 valence electrons. The van der Waals surface area contributed by atoms with Crippen molar-refractivity contribution in [1.82, 2.24) is 4.98 Å². The van der Waals surface area contributed by atoms with Gasteiger partial charge in [0.15, 0.2) is 0 Å². The van der Waals surface area contributed by atoms with Crippen molar-refractivity contribution < 1.29 is 10.2 Å². The first kappa shape index (κ1) is 12.5. The van der Waals surface area contributed by atoms with Crippen molar-refractivity contribution in [2.75, 3.05) is 0 Å². The van der Waals surface area contributed by atoms with E-state index >= 15 is 0 Å². The Labute approximate surface area is 94.6 Å². The molecule has 4 heteroatoms. The highest BCUT2D eigenvalue weighted by molar-refractivity contribution is 7.99. The number of thioether (sulfide) groups is 1. The molecule has 0 radical (unpaired) electrons. The molecule has 0 aromatic carbocycles. The van der Waals surface area contributed by atoms with E-state index in [1.165, 1.54) is 11.8 Å². The van der Waals surface area contributed by atoms with Crippen LogP contribution in [0.4, 0.5) is 0 Å². The van der Waals surface area contributed by atoms with Crippen LogP contribution in [0.2, 0.25) is 0 Å². The molecule has 0 amide bonds. The number of aliphatic hydroxyl groups excluding tert-OH is 2. The molecule has 1 heterocycles. The quantitative estimate of drug-likeness (QED) is 0.772. The Kier molecular flexibility index (Phi) is 4.57. The normalized spacial score (nSPS) is 17.1. The molecule has 0 fully saturated rings. The Balaban J connectivity index is 2.84. The Hall–Kier alpha value is -0.580. The number of hydrogen-bond acceptors (Lipinski definition) is 4. The van der Waals surface area contributed by atoms with Crippen molar-refractivity contribution in [1.29, 1.82) is 0 Å². The van der Waals surface area contributed by atoms with E-state index in [4.69, 9.17) is 0 Å². The van der Waals surface area contributed by atoms with Crippen molar-refractivity contribution in [3.8, 4) is 0 Å². The number of aliphatic hydroxyl groups is 2. The summed E-state index contributed by atoms with van der Waals surface area (Å²) in [7, 11) is 0. The lowest BCUT2D eigenvalue weighted by atomic mass is 10.2. The molecule has 0 spiro atoms. The summed E-state index contributed by atoms with van der Waals surface area (Å²) in [6, 6.07) is 3.66. The van der Waals surface area contributed by atoms with Crippen molar-refractivity contribution in [3.63, 3.8) is 0 Å². The topological polar surface area (TPSA) is 53.4 Å². The van der Waals surface area contributed by atoms with Crippen LogP contribution in [0.15, 0.2) is 23.4 Å². The third-order valence-corrected chi connectivity index (χ3v) is 3.56. The molecule has 2 unspecified atom stereocenters. The lowest BCUT2D eigenvalue weighted by Gasteiger charge is -2.16.